The monoisotopic (exact) mass is 391 g/mol. The van der Waals surface area contributed by atoms with Crippen molar-refractivity contribution in [1.82, 2.24) is 14.8 Å². The summed E-state index contributed by atoms with van der Waals surface area (Å²) in [4.78, 5) is 32.8. The number of amides is 1. The second-order valence-electron chi connectivity index (χ2n) is 7.07. The summed E-state index contributed by atoms with van der Waals surface area (Å²) in [6, 6.07) is 10.8. The maximum Gasteiger partial charge on any atom is 0.253 e. The van der Waals surface area contributed by atoms with Crippen LogP contribution in [-0.4, -0.2) is 65.3 Å². The van der Waals surface area contributed by atoms with E-state index in [1.54, 1.807) is 19.1 Å². The van der Waals surface area contributed by atoms with Crippen LogP contribution < -0.4 is 10.6 Å². The molecule has 0 aliphatic carbocycles. The number of allylic oxidation sites excluding steroid dienone is 2. The third-order valence-corrected chi connectivity index (χ3v) is 5.13. The normalized spacial score (nSPS) is 16.5. The lowest BCUT2D eigenvalue weighted by molar-refractivity contribution is -0.103. The molecule has 3 rings (SSSR count). The number of carbonyl (C=O) groups is 2. The largest absolute Gasteiger partial charge is 0.508 e. The van der Waals surface area contributed by atoms with Gasteiger partial charge in [-0.1, -0.05) is 18.7 Å². The molecule has 1 aliphatic heterocycles. The predicted molar refractivity (Wildman–Crippen MR) is 114 cm³/mol. The molecule has 1 saturated heterocycles. The number of benzene rings is 1. The number of aliphatic hydroxyl groups is 1. The molecule has 0 bridgehead atoms. The van der Waals surface area contributed by atoms with Gasteiger partial charge in [-0.2, -0.15) is 0 Å². The Morgan fingerprint density at radius 1 is 1.17 bits per heavy atom. The zero-order valence-electron chi connectivity index (χ0n) is 16.8. The summed E-state index contributed by atoms with van der Waals surface area (Å²) < 4.78 is 0. The molecule has 0 radical (unpaired) electrons. The Bertz CT molecular complexity index is 1070. The number of carbonyl (C=O) groups excluding carboxylic acids is 2. The number of pyridine rings is 1. The molecule has 2 aromatic rings. The topological polar surface area (TPSA) is 73.7 Å². The molecule has 1 aliphatic rings. The summed E-state index contributed by atoms with van der Waals surface area (Å²) in [6.45, 7) is 8.74. The Kier molecular flexibility index (Phi) is 6.24. The van der Waals surface area contributed by atoms with Crippen LogP contribution in [0.1, 0.15) is 17.3 Å². The zero-order valence-corrected chi connectivity index (χ0v) is 16.8. The van der Waals surface area contributed by atoms with Crippen molar-refractivity contribution in [2.75, 3.05) is 33.2 Å². The minimum absolute atomic E-state index is 0.0148. The highest BCUT2D eigenvalue weighted by molar-refractivity contribution is 6.05. The number of likely N-dealkylation sites (N-methyl/N-ethyl adjacent to an activating group) is 1. The van der Waals surface area contributed by atoms with E-state index in [1.165, 1.54) is 6.08 Å². The quantitative estimate of drug-likeness (QED) is 0.629. The van der Waals surface area contributed by atoms with E-state index in [0.29, 0.717) is 41.2 Å². The van der Waals surface area contributed by atoms with Crippen molar-refractivity contribution in [2.45, 2.75) is 6.92 Å². The first-order valence-corrected chi connectivity index (χ1v) is 9.54. The highest BCUT2D eigenvalue weighted by atomic mass is 16.3. The number of hydrogen-bond donors (Lipinski definition) is 1. The second kappa shape index (κ2) is 8.84. The summed E-state index contributed by atoms with van der Waals surface area (Å²) in [5.41, 5.74) is 2.21. The van der Waals surface area contributed by atoms with E-state index in [1.807, 2.05) is 29.2 Å². The zero-order chi connectivity index (χ0) is 21.0. The number of aromatic nitrogens is 1. The molecule has 0 saturated carbocycles. The average molecular weight is 391 g/mol. The summed E-state index contributed by atoms with van der Waals surface area (Å²) in [6.07, 6.45) is 2.04. The molecule has 29 heavy (non-hydrogen) atoms. The van der Waals surface area contributed by atoms with Crippen molar-refractivity contribution in [1.29, 1.82) is 0 Å². The molecule has 0 unspecified atom stereocenters. The van der Waals surface area contributed by atoms with Gasteiger partial charge < -0.3 is 14.9 Å². The lowest BCUT2D eigenvalue weighted by Crippen LogP contribution is -2.47. The standard InChI is InChI=1S/C23H25N3O3/c1-4-22(28)20(15-27)19-8-9-21(24-16(19)2)17-6-5-7-18(14-17)23(29)26-12-10-25(3)11-13-26/h4-9,14-15,28H,2,10-13H2,1,3H3/b20-19-,22-4+. The molecule has 6 heteroatoms. The Hall–Kier alpha value is -3.25. The van der Waals surface area contributed by atoms with Gasteiger partial charge in [0, 0.05) is 42.5 Å². The second-order valence-corrected chi connectivity index (χ2v) is 7.07. The van der Waals surface area contributed by atoms with Gasteiger partial charge >= 0.3 is 0 Å². The lowest BCUT2D eigenvalue weighted by Gasteiger charge is -2.32. The van der Waals surface area contributed by atoms with Crippen molar-refractivity contribution >= 4 is 24.3 Å². The molecule has 1 aromatic heterocycles. The molecule has 1 amide bonds. The maximum atomic E-state index is 12.8. The van der Waals surface area contributed by atoms with Crippen LogP contribution in [-0.2, 0) is 4.79 Å². The molecule has 2 heterocycles. The molecular weight excluding hydrogens is 366 g/mol. The van der Waals surface area contributed by atoms with E-state index >= 15 is 0 Å². The molecule has 1 aromatic carbocycles. The number of piperazine rings is 1. The van der Waals surface area contributed by atoms with Gasteiger partial charge in [0.1, 0.15) is 5.76 Å². The van der Waals surface area contributed by atoms with Crippen molar-refractivity contribution in [3.63, 3.8) is 0 Å². The van der Waals surface area contributed by atoms with Gasteiger partial charge in [0.2, 0.25) is 0 Å². The first-order chi connectivity index (χ1) is 13.9. The SMILES string of the molecule is C=c1nc(-c2cccc(C(=O)N3CCN(C)CC3)c2)cc/c1=C(C=O)/C(O)=C\C. The van der Waals surface area contributed by atoms with Crippen molar-refractivity contribution in [2.24, 2.45) is 0 Å². The van der Waals surface area contributed by atoms with E-state index in [2.05, 4.69) is 23.5 Å². The molecular formula is C23H25N3O3. The van der Waals surface area contributed by atoms with Crippen LogP contribution in [0.25, 0.3) is 23.4 Å². The van der Waals surface area contributed by atoms with Crippen LogP contribution in [0.5, 0.6) is 0 Å². The van der Waals surface area contributed by atoms with Crippen LogP contribution in [0, 0.1) is 0 Å². The van der Waals surface area contributed by atoms with Crippen LogP contribution in [0.2, 0.25) is 0 Å². The summed E-state index contributed by atoms with van der Waals surface area (Å²) in [7, 11) is 2.05. The van der Waals surface area contributed by atoms with Crippen LogP contribution in [0.3, 0.4) is 0 Å². The lowest BCUT2D eigenvalue weighted by atomic mass is 10.1. The summed E-state index contributed by atoms with van der Waals surface area (Å²) >= 11 is 0. The van der Waals surface area contributed by atoms with Gasteiger partial charge in [0.25, 0.3) is 5.91 Å². The highest BCUT2D eigenvalue weighted by Crippen LogP contribution is 2.18. The molecule has 6 nitrogen and oxygen atoms in total. The predicted octanol–water partition coefficient (Wildman–Crippen LogP) is 1.36. The minimum atomic E-state index is -0.112. The molecule has 1 fully saturated rings. The fraction of sp³-hybridized carbons (Fsp3) is 0.261. The Morgan fingerprint density at radius 2 is 1.90 bits per heavy atom. The molecule has 150 valence electrons. The van der Waals surface area contributed by atoms with Gasteiger partial charge in [0.05, 0.1) is 16.6 Å². The Balaban J connectivity index is 1.94. The minimum Gasteiger partial charge on any atom is -0.508 e. The fourth-order valence-corrected chi connectivity index (χ4v) is 3.33. The summed E-state index contributed by atoms with van der Waals surface area (Å²) in [5, 5.41) is 10.8. The number of aldehydes is 1. The van der Waals surface area contributed by atoms with Crippen LogP contribution in [0.4, 0.5) is 0 Å². The van der Waals surface area contributed by atoms with Gasteiger partial charge in [-0.3, -0.25) is 9.59 Å². The third-order valence-electron chi connectivity index (χ3n) is 5.13. The third kappa shape index (κ3) is 4.43. The number of aliphatic hydroxyl groups excluding tert-OH is 1. The van der Waals surface area contributed by atoms with Gasteiger partial charge in [-0.05, 0) is 44.3 Å². The first-order valence-electron chi connectivity index (χ1n) is 9.54. The number of hydrogen-bond acceptors (Lipinski definition) is 5. The molecule has 0 atom stereocenters. The molecule has 1 N–H and O–H groups in total. The van der Waals surface area contributed by atoms with Crippen LogP contribution in [0.15, 0.2) is 48.2 Å². The van der Waals surface area contributed by atoms with Gasteiger partial charge in [0.15, 0.2) is 6.29 Å². The van der Waals surface area contributed by atoms with Gasteiger partial charge in [-0.25, -0.2) is 4.98 Å². The van der Waals surface area contributed by atoms with E-state index in [-0.39, 0.29) is 17.2 Å². The average Bonchev–Trinajstić information content (AvgIpc) is 2.75. The number of rotatable bonds is 4. The van der Waals surface area contributed by atoms with Gasteiger partial charge in [-0.15, -0.1) is 0 Å². The molecule has 0 spiro atoms. The number of nitrogens with zero attached hydrogens (tertiary/aromatic N) is 3. The van der Waals surface area contributed by atoms with E-state index in [4.69, 9.17) is 0 Å². The van der Waals surface area contributed by atoms with E-state index < -0.39 is 0 Å². The fourth-order valence-electron chi connectivity index (χ4n) is 3.33. The van der Waals surface area contributed by atoms with Crippen molar-refractivity contribution in [3.8, 4) is 11.3 Å². The van der Waals surface area contributed by atoms with Crippen molar-refractivity contribution in [3.05, 3.63) is 64.4 Å². The van der Waals surface area contributed by atoms with Crippen LogP contribution >= 0.6 is 0 Å². The smallest absolute Gasteiger partial charge is 0.253 e. The van der Waals surface area contributed by atoms with E-state index in [9.17, 15) is 14.7 Å². The maximum absolute atomic E-state index is 12.8. The van der Waals surface area contributed by atoms with Crippen molar-refractivity contribution < 1.29 is 14.7 Å². The summed E-state index contributed by atoms with van der Waals surface area (Å²) in [5.74, 6) is -0.0970. The first kappa shape index (κ1) is 20.5. The Morgan fingerprint density at radius 3 is 2.52 bits per heavy atom. The highest BCUT2D eigenvalue weighted by Gasteiger charge is 2.20. The Labute approximate surface area is 170 Å². The van der Waals surface area contributed by atoms with E-state index in [0.717, 1.165) is 18.7 Å².